The molecule has 1 fully saturated rings. The third kappa shape index (κ3) is 7.31. The molecule has 0 amide bonds. The average Bonchev–Trinajstić information content (AvgIpc) is 3.36. The number of ether oxygens (including phenoxy) is 3. The smallest absolute Gasteiger partial charge is 0.406 e. The first-order valence-electron chi connectivity index (χ1n) is 11.4. The number of aliphatic hydroxyl groups is 1. The molecule has 204 valence electrons. The summed E-state index contributed by atoms with van der Waals surface area (Å²) >= 11 is 1.33. The number of hydrogen-bond donors (Lipinski definition) is 1. The summed E-state index contributed by atoms with van der Waals surface area (Å²) in [6, 6.07) is 8.36. The molecule has 0 spiro atoms. The first-order valence-corrected chi connectivity index (χ1v) is 12.4. The van der Waals surface area contributed by atoms with E-state index in [0.29, 0.717) is 5.56 Å². The van der Waals surface area contributed by atoms with Crippen LogP contribution in [0.2, 0.25) is 0 Å². The lowest BCUT2D eigenvalue weighted by Crippen LogP contribution is -2.43. The molecular weight excluding hydrogens is 533 g/mol. The molecule has 1 aliphatic heterocycles. The van der Waals surface area contributed by atoms with Crippen LogP contribution in [0.1, 0.15) is 18.1 Å². The van der Waals surface area contributed by atoms with Crippen molar-refractivity contribution in [3.8, 4) is 5.75 Å². The number of rotatable bonds is 9. The van der Waals surface area contributed by atoms with Crippen molar-refractivity contribution < 1.29 is 41.3 Å². The predicted molar refractivity (Wildman–Crippen MR) is 129 cm³/mol. The third-order valence-electron chi connectivity index (χ3n) is 5.79. The first kappa shape index (κ1) is 28.0. The van der Waals surface area contributed by atoms with Crippen LogP contribution in [-0.4, -0.2) is 56.2 Å². The average molecular weight is 558 g/mol. The standard InChI is InChI=1S/C25H24F5N3O4S/c1-16(24(34,13-33-15-31-14-32-33)21-8-5-18(26)10-22(21)27)38-20-11-35-23(36-12-20)9-4-17-2-6-19(7-3-17)37-25(28,29)30/h2-10,14-16,20,23,34H,11-13H2,1H3. The lowest BCUT2D eigenvalue weighted by molar-refractivity contribution is -0.274. The van der Waals surface area contributed by atoms with E-state index in [2.05, 4.69) is 14.8 Å². The van der Waals surface area contributed by atoms with Crippen molar-refractivity contribution in [2.45, 2.75) is 42.2 Å². The van der Waals surface area contributed by atoms with Gasteiger partial charge in [-0.25, -0.2) is 18.4 Å². The first-order chi connectivity index (χ1) is 18.0. The zero-order valence-corrected chi connectivity index (χ0v) is 20.8. The molecule has 1 aromatic heterocycles. The Morgan fingerprint density at radius 1 is 1.16 bits per heavy atom. The summed E-state index contributed by atoms with van der Waals surface area (Å²) in [5.74, 6) is -1.95. The highest BCUT2D eigenvalue weighted by atomic mass is 32.2. The minimum atomic E-state index is -4.76. The Bertz CT molecular complexity index is 1220. The number of alkyl halides is 3. The maximum Gasteiger partial charge on any atom is 0.573 e. The number of halogens is 5. The summed E-state index contributed by atoms with van der Waals surface area (Å²) in [7, 11) is 0. The van der Waals surface area contributed by atoms with Crippen LogP contribution < -0.4 is 4.74 Å². The van der Waals surface area contributed by atoms with Gasteiger partial charge in [0, 0.05) is 16.9 Å². The normalized spacial score (nSPS) is 20.8. The fourth-order valence-electron chi connectivity index (χ4n) is 3.90. The van der Waals surface area contributed by atoms with E-state index in [4.69, 9.17) is 9.47 Å². The van der Waals surface area contributed by atoms with Crippen molar-refractivity contribution in [1.29, 1.82) is 0 Å². The Morgan fingerprint density at radius 2 is 1.87 bits per heavy atom. The second-order valence-electron chi connectivity index (χ2n) is 8.55. The molecule has 0 radical (unpaired) electrons. The van der Waals surface area contributed by atoms with Gasteiger partial charge in [0.25, 0.3) is 0 Å². The van der Waals surface area contributed by atoms with Gasteiger partial charge in [-0.1, -0.05) is 31.2 Å². The number of benzene rings is 2. The van der Waals surface area contributed by atoms with E-state index in [-0.39, 0.29) is 36.3 Å². The lowest BCUT2D eigenvalue weighted by atomic mass is 9.90. The lowest BCUT2D eigenvalue weighted by Gasteiger charge is -2.37. The van der Waals surface area contributed by atoms with Crippen LogP contribution in [-0.2, 0) is 21.6 Å². The quantitative estimate of drug-likeness (QED) is 0.375. The minimum absolute atomic E-state index is 0.0699. The zero-order chi connectivity index (χ0) is 27.3. The highest BCUT2D eigenvalue weighted by molar-refractivity contribution is 8.00. The van der Waals surface area contributed by atoms with Crippen LogP contribution in [0.5, 0.6) is 5.75 Å². The van der Waals surface area contributed by atoms with Crippen molar-refractivity contribution in [2.24, 2.45) is 0 Å². The van der Waals surface area contributed by atoms with Crippen molar-refractivity contribution >= 4 is 17.8 Å². The molecule has 4 rings (SSSR count). The molecule has 1 N–H and O–H groups in total. The molecule has 2 unspecified atom stereocenters. The molecule has 38 heavy (non-hydrogen) atoms. The predicted octanol–water partition coefficient (Wildman–Crippen LogP) is 4.92. The summed E-state index contributed by atoms with van der Waals surface area (Å²) in [6.07, 6.45) is 0.513. The Kier molecular flexibility index (Phi) is 8.71. The molecule has 2 atom stereocenters. The van der Waals surface area contributed by atoms with E-state index in [1.54, 1.807) is 19.1 Å². The molecular formula is C25H24F5N3O4S. The van der Waals surface area contributed by atoms with Gasteiger partial charge in [0.2, 0.25) is 0 Å². The van der Waals surface area contributed by atoms with Crippen LogP contribution in [0.25, 0.3) is 6.08 Å². The maximum absolute atomic E-state index is 14.7. The van der Waals surface area contributed by atoms with Gasteiger partial charge in [-0.05, 0) is 29.8 Å². The molecule has 0 aliphatic carbocycles. The molecule has 1 saturated heterocycles. The monoisotopic (exact) mass is 557 g/mol. The topological polar surface area (TPSA) is 78.6 Å². The van der Waals surface area contributed by atoms with E-state index >= 15 is 0 Å². The van der Waals surface area contributed by atoms with Gasteiger partial charge >= 0.3 is 6.36 Å². The summed E-state index contributed by atoms with van der Waals surface area (Å²) in [5, 5.41) is 14.8. The van der Waals surface area contributed by atoms with Crippen LogP contribution in [0.3, 0.4) is 0 Å². The molecule has 0 bridgehead atoms. The second-order valence-corrected chi connectivity index (χ2v) is 10.2. The highest BCUT2D eigenvalue weighted by Gasteiger charge is 2.41. The van der Waals surface area contributed by atoms with Crippen LogP contribution in [0.4, 0.5) is 22.0 Å². The van der Waals surface area contributed by atoms with E-state index in [9.17, 15) is 27.1 Å². The van der Waals surface area contributed by atoms with Crippen LogP contribution in [0, 0.1) is 11.6 Å². The van der Waals surface area contributed by atoms with E-state index in [1.165, 1.54) is 59.4 Å². The Labute approximate surface area is 219 Å². The molecule has 3 aromatic rings. The SMILES string of the molecule is CC(SC1COC(C=Cc2ccc(OC(F)(F)F)cc2)OC1)C(O)(Cn1cncn1)c1ccc(F)cc1F. The van der Waals surface area contributed by atoms with Gasteiger partial charge in [0.05, 0.1) is 25.0 Å². The molecule has 2 aromatic carbocycles. The van der Waals surface area contributed by atoms with E-state index in [1.807, 2.05) is 0 Å². The molecule has 2 heterocycles. The fraction of sp³-hybridized carbons (Fsp3) is 0.360. The summed E-state index contributed by atoms with van der Waals surface area (Å²) < 4.78 is 81.8. The van der Waals surface area contributed by atoms with Crippen molar-refractivity contribution in [3.05, 3.63) is 84.0 Å². The largest absolute Gasteiger partial charge is 0.573 e. The van der Waals surface area contributed by atoms with Gasteiger partial charge in [0.15, 0.2) is 6.29 Å². The van der Waals surface area contributed by atoms with Gasteiger partial charge in [0.1, 0.15) is 35.6 Å². The van der Waals surface area contributed by atoms with E-state index in [0.717, 1.165) is 12.1 Å². The van der Waals surface area contributed by atoms with Crippen molar-refractivity contribution in [3.63, 3.8) is 0 Å². The Hall–Kier alpha value is -3.00. The number of aromatic nitrogens is 3. The molecule has 13 heteroatoms. The Balaban J connectivity index is 1.36. The highest BCUT2D eigenvalue weighted by Crippen LogP contribution is 2.38. The van der Waals surface area contributed by atoms with Gasteiger partial charge in [-0.3, -0.25) is 0 Å². The molecule has 7 nitrogen and oxygen atoms in total. The zero-order valence-electron chi connectivity index (χ0n) is 20.0. The molecule has 1 aliphatic rings. The molecule has 0 saturated carbocycles. The van der Waals surface area contributed by atoms with Crippen LogP contribution >= 0.6 is 11.8 Å². The van der Waals surface area contributed by atoms with Gasteiger partial charge in [-0.15, -0.1) is 24.9 Å². The number of nitrogens with zero attached hydrogens (tertiary/aromatic N) is 3. The summed E-state index contributed by atoms with van der Waals surface area (Å²) in [6.45, 7) is 2.13. The Morgan fingerprint density at radius 3 is 2.47 bits per heavy atom. The van der Waals surface area contributed by atoms with Crippen molar-refractivity contribution in [2.75, 3.05) is 13.2 Å². The van der Waals surface area contributed by atoms with Gasteiger partial charge < -0.3 is 19.3 Å². The summed E-state index contributed by atoms with van der Waals surface area (Å²) in [4.78, 5) is 3.86. The maximum atomic E-state index is 14.7. The fourth-order valence-corrected chi connectivity index (χ4v) is 5.21. The van der Waals surface area contributed by atoms with Crippen LogP contribution in [0.15, 0.2) is 61.2 Å². The second kappa shape index (κ2) is 11.8. The third-order valence-corrected chi connectivity index (χ3v) is 7.24. The van der Waals surface area contributed by atoms with Gasteiger partial charge in [-0.2, -0.15) is 5.10 Å². The van der Waals surface area contributed by atoms with E-state index < -0.39 is 35.1 Å². The minimum Gasteiger partial charge on any atom is -0.406 e. The number of hydrogen-bond acceptors (Lipinski definition) is 7. The number of thioether (sulfide) groups is 1. The van der Waals surface area contributed by atoms with Crippen molar-refractivity contribution in [1.82, 2.24) is 14.8 Å². The summed E-state index contributed by atoms with van der Waals surface area (Å²) in [5.41, 5.74) is -1.20.